The third kappa shape index (κ3) is 8.99. The molecule has 0 aliphatic rings. The average molecular weight is 488 g/mol. The van der Waals surface area contributed by atoms with E-state index in [1.54, 1.807) is 0 Å². The van der Waals surface area contributed by atoms with E-state index in [0.29, 0.717) is 0 Å². The molecule has 0 bridgehead atoms. The fourth-order valence-electron chi connectivity index (χ4n) is 3.54. The third-order valence-corrected chi connectivity index (χ3v) is 6.93. The number of unbranched alkanes of at least 4 members (excludes halogenated alkanes) is 2. The molecular weight excluding hydrogens is 448 g/mol. The van der Waals surface area contributed by atoms with E-state index in [4.69, 9.17) is 9.47 Å². The van der Waals surface area contributed by atoms with Crippen LogP contribution >= 0.6 is 0 Å². The molecule has 2 nitrogen and oxygen atoms in total. The minimum absolute atomic E-state index is 0.156. The Kier molecular flexibility index (Phi) is 11.0. The molecule has 0 aliphatic carbocycles. The van der Waals surface area contributed by atoms with Crippen LogP contribution in [0.25, 0.3) is 24.3 Å². The normalized spacial score (nSPS) is 11.6. The van der Waals surface area contributed by atoms with E-state index in [2.05, 4.69) is 105 Å². The zero-order valence-electron chi connectivity index (χ0n) is 21.6. The number of ether oxygens (including phenoxy) is 2. The van der Waals surface area contributed by atoms with Gasteiger partial charge in [0.1, 0.15) is 24.0 Å². The van der Waals surface area contributed by atoms with Crippen LogP contribution in [0.5, 0.6) is 11.5 Å². The number of rotatable bonds is 13. The molecule has 0 spiro atoms. The fraction of sp³-hybridized carbons (Fsp3) is 0.312. The summed E-state index contributed by atoms with van der Waals surface area (Å²) < 4.78 is 11.5. The standard InChI is InChI=1S/C32H39O2S/c1-5-7-23-33-30-19-13-26(14-20-30)9-10-28-12-18-29(32(25-28)35(3)4)17-11-27-15-21-31(22-16-27)34-24-8-6-2/h9-22,25H,5-8,23-24H2,1-4H3/q+1. The Hall–Kier alpha value is -2.91. The lowest BCUT2D eigenvalue weighted by Gasteiger charge is -2.06. The molecule has 3 rings (SSSR count). The van der Waals surface area contributed by atoms with Crippen molar-refractivity contribution in [1.82, 2.24) is 0 Å². The van der Waals surface area contributed by atoms with Gasteiger partial charge < -0.3 is 9.47 Å². The molecular formula is C32H39O2S+. The summed E-state index contributed by atoms with van der Waals surface area (Å²) in [5.74, 6) is 1.88. The molecule has 0 atom stereocenters. The van der Waals surface area contributed by atoms with Gasteiger partial charge >= 0.3 is 0 Å². The Labute approximate surface area is 215 Å². The zero-order valence-corrected chi connectivity index (χ0v) is 22.4. The predicted molar refractivity (Wildman–Crippen MR) is 155 cm³/mol. The van der Waals surface area contributed by atoms with Crippen molar-refractivity contribution in [1.29, 1.82) is 0 Å². The summed E-state index contributed by atoms with van der Waals surface area (Å²) in [4.78, 5) is 1.38. The van der Waals surface area contributed by atoms with Gasteiger partial charge in [0.05, 0.1) is 13.2 Å². The molecule has 0 fully saturated rings. The van der Waals surface area contributed by atoms with Gasteiger partial charge in [-0.05, 0) is 65.9 Å². The lowest BCUT2D eigenvalue weighted by molar-refractivity contribution is 0.309. The molecule has 0 amide bonds. The molecule has 0 aromatic heterocycles. The molecule has 0 saturated heterocycles. The van der Waals surface area contributed by atoms with Crippen LogP contribution in [0.3, 0.4) is 0 Å². The average Bonchev–Trinajstić information content (AvgIpc) is 2.88. The molecule has 0 radical (unpaired) electrons. The van der Waals surface area contributed by atoms with Crippen LogP contribution in [0.2, 0.25) is 0 Å². The topological polar surface area (TPSA) is 18.5 Å². The first-order valence-corrected chi connectivity index (χ1v) is 14.7. The second kappa shape index (κ2) is 14.5. The van der Waals surface area contributed by atoms with Crippen LogP contribution < -0.4 is 9.47 Å². The summed E-state index contributed by atoms with van der Waals surface area (Å²) >= 11 is 0. The smallest absolute Gasteiger partial charge is 0.162 e. The summed E-state index contributed by atoms with van der Waals surface area (Å²) in [6.45, 7) is 5.92. The third-order valence-electron chi connectivity index (χ3n) is 5.69. The van der Waals surface area contributed by atoms with Crippen LogP contribution in [-0.2, 0) is 10.9 Å². The summed E-state index contributed by atoms with van der Waals surface area (Å²) in [7, 11) is 0.156. The number of hydrogen-bond donors (Lipinski definition) is 0. The van der Waals surface area contributed by atoms with Crippen molar-refractivity contribution in [3.8, 4) is 11.5 Å². The monoisotopic (exact) mass is 487 g/mol. The lowest BCUT2D eigenvalue weighted by atomic mass is 10.1. The summed E-state index contributed by atoms with van der Waals surface area (Å²) in [5.41, 5.74) is 4.84. The van der Waals surface area contributed by atoms with Gasteiger partial charge in [-0.1, -0.05) is 75.2 Å². The van der Waals surface area contributed by atoms with Crippen LogP contribution in [0.15, 0.2) is 71.6 Å². The Balaban J connectivity index is 1.66. The molecule has 184 valence electrons. The largest absolute Gasteiger partial charge is 0.494 e. The first-order valence-electron chi connectivity index (χ1n) is 12.6. The molecule has 0 aliphatic heterocycles. The van der Waals surface area contributed by atoms with Crippen molar-refractivity contribution in [2.75, 3.05) is 25.7 Å². The van der Waals surface area contributed by atoms with E-state index in [1.807, 2.05) is 12.1 Å². The molecule has 0 N–H and O–H groups in total. The van der Waals surface area contributed by atoms with E-state index in [1.165, 1.54) is 27.1 Å². The molecule has 3 heteroatoms. The van der Waals surface area contributed by atoms with Crippen molar-refractivity contribution < 1.29 is 9.47 Å². The van der Waals surface area contributed by atoms with Crippen LogP contribution in [-0.4, -0.2) is 25.7 Å². The van der Waals surface area contributed by atoms with E-state index < -0.39 is 0 Å². The second-order valence-electron chi connectivity index (χ2n) is 8.82. The Morgan fingerprint density at radius 3 is 1.54 bits per heavy atom. The van der Waals surface area contributed by atoms with Crippen molar-refractivity contribution in [3.63, 3.8) is 0 Å². The van der Waals surface area contributed by atoms with Gasteiger partial charge in [0.2, 0.25) is 0 Å². The summed E-state index contributed by atoms with van der Waals surface area (Å²) in [6.07, 6.45) is 17.8. The second-order valence-corrected chi connectivity index (χ2v) is 10.9. The van der Waals surface area contributed by atoms with Gasteiger partial charge in [-0.25, -0.2) is 0 Å². The SMILES string of the molecule is CCCCOc1ccc(C=Cc2ccc(C=Cc3ccc(OCCCC)cc3)c([S+](C)C)c2)cc1. The maximum absolute atomic E-state index is 5.77. The fourth-order valence-corrected chi connectivity index (χ4v) is 4.52. The molecule has 3 aromatic carbocycles. The van der Waals surface area contributed by atoms with E-state index >= 15 is 0 Å². The minimum Gasteiger partial charge on any atom is -0.494 e. The number of benzene rings is 3. The van der Waals surface area contributed by atoms with Gasteiger partial charge in [-0.3, -0.25) is 0 Å². The van der Waals surface area contributed by atoms with Crippen molar-refractivity contribution >= 4 is 35.2 Å². The van der Waals surface area contributed by atoms with Crippen LogP contribution in [0.4, 0.5) is 0 Å². The Morgan fingerprint density at radius 2 is 1.06 bits per heavy atom. The van der Waals surface area contributed by atoms with Gasteiger partial charge in [-0.2, -0.15) is 0 Å². The molecule has 0 saturated carbocycles. The maximum Gasteiger partial charge on any atom is 0.162 e. The highest BCUT2D eigenvalue weighted by Crippen LogP contribution is 2.23. The highest BCUT2D eigenvalue weighted by molar-refractivity contribution is 7.95. The quantitative estimate of drug-likeness (QED) is 0.136. The Morgan fingerprint density at radius 1 is 0.600 bits per heavy atom. The molecule has 3 aromatic rings. The van der Waals surface area contributed by atoms with Crippen molar-refractivity contribution in [3.05, 3.63) is 89.0 Å². The van der Waals surface area contributed by atoms with E-state index in [-0.39, 0.29) is 10.9 Å². The summed E-state index contributed by atoms with van der Waals surface area (Å²) in [5, 5.41) is 0. The van der Waals surface area contributed by atoms with Crippen LogP contribution in [0, 0.1) is 0 Å². The maximum atomic E-state index is 5.77. The lowest BCUT2D eigenvalue weighted by Crippen LogP contribution is -1.99. The van der Waals surface area contributed by atoms with Crippen LogP contribution in [0.1, 0.15) is 61.8 Å². The van der Waals surface area contributed by atoms with E-state index in [9.17, 15) is 0 Å². The molecule has 0 heterocycles. The summed E-state index contributed by atoms with van der Waals surface area (Å²) in [6, 6.07) is 23.4. The first-order chi connectivity index (χ1) is 17.1. The zero-order chi connectivity index (χ0) is 24.9. The first kappa shape index (κ1) is 26.7. The van der Waals surface area contributed by atoms with Crippen molar-refractivity contribution in [2.24, 2.45) is 0 Å². The molecule has 35 heavy (non-hydrogen) atoms. The minimum atomic E-state index is 0.156. The van der Waals surface area contributed by atoms with E-state index in [0.717, 1.165) is 50.4 Å². The Bertz CT molecular complexity index is 1080. The van der Waals surface area contributed by atoms with Gasteiger partial charge in [0.15, 0.2) is 4.90 Å². The highest BCUT2D eigenvalue weighted by Gasteiger charge is 2.13. The van der Waals surface area contributed by atoms with Gasteiger partial charge in [0, 0.05) is 22.5 Å². The van der Waals surface area contributed by atoms with Crippen molar-refractivity contribution in [2.45, 2.75) is 44.4 Å². The van der Waals surface area contributed by atoms with Gasteiger partial charge in [-0.15, -0.1) is 0 Å². The van der Waals surface area contributed by atoms with Gasteiger partial charge in [0.25, 0.3) is 0 Å². The number of hydrogen-bond acceptors (Lipinski definition) is 2. The highest BCUT2D eigenvalue weighted by atomic mass is 32.2. The predicted octanol–water partition coefficient (Wildman–Crippen LogP) is 8.62. The molecule has 0 unspecified atom stereocenters.